The van der Waals surface area contributed by atoms with E-state index in [9.17, 15) is 22.0 Å². The number of hydrogen-bond acceptors (Lipinski definition) is 2. The first kappa shape index (κ1) is 9.66. The molecule has 1 heterocycles. The molecule has 0 aromatic heterocycles. The van der Waals surface area contributed by atoms with Crippen LogP contribution in [0.4, 0.5) is 22.0 Å². The van der Waals surface area contributed by atoms with Gasteiger partial charge in [0.25, 0.3) is 0 Å². The average Bonchev–Trinajstić information content (AvgIpc) is 2.31. The van der Waals surface area contributed by atoms with E-state index in [1.165, 1.54) is 0 Å². The Morgan fingerprint density at radius 3 is 1.67 bits per heavy atom. The molecule has 0 aromatic carbocycles. The molecule has 1 aliphatic rings. The molecule has 0 N–H and O–H groups in total. The predicted molar refractivity (Wildman–Crippen MR) is 26.7 cm³/mol. The maximum absolute atomic E-state index is 11.9. The van der Waals surface area contributed by atoms with Gasteiger partial charge in [-0.3, -0.25) is 0 Å². The third-order valence-corrected chi connectivity index (χ3v) is 1.40. The summed E-state index contributed by atoms with van der Waals surface area (Å²) in [6.07, 6.45) is -8.92. The van der Waals surface area contributed by atoms with E-state index in [0.717, 1.165) is 0 Å². The Labute approximate surface area is 64.2 Å². The number of alkyl halides is 5. The van der Waals surface area contributed by atoms with Crippen LogP contribution in [0.15, 0.2) is 0 Å². The molecular formula is C5H5F5O2. The van der Waals surface area contributed by atoms with Crippen molar-refractivity contribution in [1.82, 2.24) is 0 Å². The van der Waals surface area contributed by atoms with Crippen molar-refractivity contribution >= 4 is 0 Å². The minimum atomic E-state index is -5.20. The molecule has 12 heavy (non-hydrogen) atoms. The van der Waals surface area contributed by atoms with E-state index >= 15 is 0 Å². The van der Waals surface area contributed by atoms with E-state index in [-0.39, 0.29) is 0 Å². The minimum Gasteiger partial charge on any atom is -0.336 e. The molecule has 1 aliphatic heterocycles. The van der Waals surface area contributed by atoms with Crippen LogP contribution in [0.3, 0.4) is 0 Å². The normalized spacial score (nSPS) is 23.5. The smallest absolute Gasteiger partial charge is 0.336 e. The predicted octanol–water partition coefficient (Wildman–Crippen LogP) is 1.56. The highest BCUT2D eigenvalue weighted by molar-refractivity contribution is 4.84. The molecule has 0 saturated carbocycles. The highest BCUT2D eigenvalue weighted by Crippen LogP contribution is 2.41. The van der Waals surface area contributed by atoms with E-state index in [1.807, 2.05) is 0 Å². The third-order valence-electron chi connectivity index (χ3n) is 1.40. The van der Waals surface area contributed by atoms with Crippen molar-refractivity contribution < 1.29 is 31.4 Å². The molecule has 0 bridgehead atoms. The van der Waals surface area contributed by atoms with Gasteiger partial charge in [-0.2, -0.15) is 13.2 Å². The number of halogens is 5. The molecular weight excluding hydrogens is 187 g/mol. The zero-order valence-electron chi connectivity index (χ0n) is 5.70. The maximum Gasteiger partial charge on any atom is 0.449 e. The molecule has 0 amide bonds. The summed E-state index contributed by atoms with van der Waals surface area (Å²) in [4.78, 5) is 0. The van der Waals surface area contributed by atoms with Gasteiger partial charge in [-0.1, -0.05) is 0 Å². The van der Waals surface area contributed by atoms with E-state index in [2.05, 4.69) is 9.47 Å². The van der Waals surface area contributed by atoms with Crippen LogP contribution in [0.1, 0.15) is 0 Å². The van der Waals surface area contributed by atoms with Crippen molar-refractivity contribution in [2.45, 2.75) is 18.4 Å². The first-order chi connectivity index (χ1) is 5.40. The highest BCUT2D eigenvalue weighted by Gasteiger charge is 2.66. The second-order valence-corrected chi connectivity index (χ2v) is 2.16. The number of rotatable bonds is 1. The fourth-order valence-corrected chi connectivity index (χ4v) is 0.842. The number of hydrogen-bond donors (Lipinski definition) is 0. The van der Waals surface area contributed by atoms with Crippen LogP contribution in [0.2, 0.25) is 0 Å². The van der Waals surface area contributed by atoms with E-state index < -0.39 is 31.6 Å². The van der Waals surface area contributed by atoms with Crippen molar-refractivity contribution in [3.05, 3.63) is 0 Å². The molecule has 1 rings (SSSR count). The Kier molecular flexibility index (Phi) is 2.26. The second-order valence-electron chi connectivity index (χ2n) is 2.16. The van der Waals surface area contributed by atoms with Crippen molar-refractivity contribution in [1.29, 1.82) is 0 Å². The van der Waals surface area contributed by atoms with Crippen LogP contribution in [0, 0.1) is 0 Å². The maximum atomic E-state index is 11.9. The molecule has 0 aromatic rings. The molecule has 7 heteroatoms. The lowest BCUT2D eigenvalue weighted by Gasteiger charge is -2.27. The van der Waals surface area contributed by atoms with Gasteiger partial charge in [-0.05, 0) is 0 Å². The summed E-state index contributed by atoms with van der Waals surface area (Å²) in [5.74, 6) is -3.70. The monoisotopic (exact) mass is 192 g/mol. The van der Waals surface area contributed by atoms with Gasteiger partial charge >= 0.3 is 18.4 Å². The fourth-order valence-electron chi connectivity index (χ4n) is 0.842. The first-order valence-corrected chi connectivity index (χ1v) is 3.03. The van der Waals surface area contributed by atoms with E-state index in [1.54, 1.807) is 0 Å². The lowest BCUT2D eigenvalue weighted by Crippen LogP contribution is -2.52. The summed E-state index contributed by atoms with van der Waals surface area (Å²) >= 11 is 0. The minimum absolute atomic E-state index is 0.468. The summed E-state index contributed by atoms with van der Waals surface area (Å²) in [5, 5.41) is 0. The van der Waals surface area contributed by atoms with Crippen LogP contribution in [0.25, 0.3) is 0 Å². The Bertz CT molecular complexity index is 160. The highest BCUT2D eigenvalue weighted by atomic mass is 19.4. The SMILES string of the molecule is FC(F)C1(C(F)(F)F)OCCO1. The second kappa shape index (κ2) is 2.81. The molecule has 0 aliphatic carbocycles. The summed E-state index contributed by atoms with van der Waals surface area (Å²) in [5.41, 5.74) is 0. The Balaban J connectivity index is 2.87. The van der Waals surface area contributed by atoms with Gasteiger partial charge in [0.05, 0.1) is 13.2 Å². The van der Waals surface area contributed by atoms with Crippen molar-refractivity contribution in [3.8, 4) is 0 Å². The van der Waals surface area contributed by atoms with Crippen LogP contribution in [0.5, 0.6) is 0 Å². The van der Waals surface area contributed by atoms with Crippen molar-refractivity contribution in [2.24, 2.45) is 0 Å². The lowest BCUT2D eigenvalue weighted by atomic mass is 10.3. The summed E-state index contributed by atoms with van der Waals surface area (Å²) in [6, 6.07) is 0. The van der Waals surface area contributed by atoms with Gasteiger partial charge in [0.2, 0.25) is 0 Å². The molecule has 1 fully saturated rings. The molecule has 0 radical (unpaired) electrons. The lowest BCUT2D eigenvalue weighted by molar-refractivity contribution is -0.379. The van der Waals surface area contributed by atoms with Crippen LogP contribution in [-0.4, -0.2) is 31.6 Å². The quantitative estimate of drug-likeness (QED) is 0.587. The van der Waals surface area contributed by atoms with Crippen molar-refractivity contribution in [2.75, 3.05) is 13.2 Å². The zero-order chi connectivity index (χ0) is 9.41. The topological polar surface area (TPSA) is 18.5 Å². The van der Waals surface area contributed by atoms with Gasteiger partial charge in [0, 0.05) is 0 Å². The van der Waals surface area contributed by atoms with Gasteiger partial charge < -0.3 is 9.47 Å². The molecule has 72 valence electrons. The average molecular weight is 192 g/mol. The zero-order valence-corrected chi connectivity index (χ0v) is 5.70. The van der Waals surface area contributed by atoms with Crippen LogP contribution in [-0.2, 0) is 9.47 Å². The third kappa shape index (κ3) is 1.27. The standard InChI is InChI=1S/C5H5F5O2/c6-3(7)4(5(8,9)10)11-1-2-12-4/h3H,1-2H2. The molecule has 0 atom stereocenters. The Morgan fingerprint density at radius 1 is 1.08 bits per heavy atom. The van der Waals surface area contributed by atoms with Gasteiger partial charge in [0.15, 0.2) is 0 Å². The van der Waals surface area contributed by atoms with Gasteiger partial charge in [-0.15, -0.1) is 0 Å². The van der Waals surface area contributed by atoms with Gasteiger partial charge in [0.1, 0.15) is 0 Å². The van der Waals surface area contributed by atoms with Gasteiger partial charge in [-0.25, -0.2) is 8.78 Å². The first-order valence-electron chi connectivity index (χ1n) is 3.03. The summed E-state index contributed by atoms with van der Waals surface area (Å²) in [6.45, 7) is -0.937. The molecule has 0 unspecified atom stereocenters. The number of ether oxygens (including phenoxy) is 2. The summed E-state index contributed by atoms with van der Waals surface area (Å²) < 4.78 is 67.4. The molecule has 1 saturated heterocycles. The Morgan fingerprint density at radius 2 is 1.50 bits per heavy atom. The van der Waals surface area contributed by atoms with E-state index in [4.69, 9.17) is 0 Å². The molecule has 2 nitrogen and oxygen atoms in total. The molecule has 0 spiro atoms. The largest absolute Gasteiger partial charge is 0.449 e. The summed E-state index contributed by atoms with van der Waals surface area (Å²) in [7, 11) is 0. The fraction of sp³-hybridized carbons (Fsp3) is 1.00. The van der Waals surface area contributed by atoms with Crippen molar-refractivity contribution in [3.63, 3.8) is 0 Å². The van der Waals surface area contributed by atoms with E-state index in [0.29, 0.717) is 0 Å². The van der Waals surface area contributed by atoms with Crippen LogP contribution < -0.4 is 0 Å². The Hall–Kier alpha value is -0.430. The van der Waals surface area contributed by atoms with Crippen LogP contribution >= 0.6 is 0 Å².